The van der Waals surface area contributed by atoms with Crippen LogP contribution in [0, 0.1) is 17.8 Å². The molecule has 11 amide bonds. The van der Waals surface area contributed by atoms with Gasteiger partial charge in [-0.1, -0.05) is 71.9 Å². The SMILES string of the molecule is CC(C)C[C@@H]1NC(=O)[C@H](CCCCN)NC(=O)[C@H](CCCCN)NC(=O)[C@H](CCC(N)=O)NC(=O)[C@H](CCCCN)NC(=O)[C@H](CC(C)C)NC(=O)[C@H](CC(C)C)NC(=O)[C@H](Cc2ccccc2)NC(=O)[C@H](CCCCN)NC(=O)[C@H](CCCCN)NC1=O. The zero-order valence-corrected chi connectivity index (χ0v) is 53.7. The quantitative estimate of drug-likeness (QED) is 0.0402. The third-order valence-electron chi connectivity index (χ3n) is 15.1. The standard InChI is InChI=1S/C62H110N16O11/c1-38(2)34-48-59(86)72-43(23-11-16-30-64)54(81)70-46(26-14-19-33-67)57(84)78-51(37-41-20-8-7-9-21-41)62(89)77-50(36-40(5)6)61(88)76-49(35-39(3)4)60(87)73-44(24-12-17-31-65)55(82)74-47(27-28-52(68)79)58(85)71-42(22-10-15-29-63)53(80)69-45(56(83)75-48)25-13-18-32-66/h7-9,20-21,38-40,42-51H,10-19,22-37,63-67H2,1-6H3,(H2,68,79)(H,69,80)(H,70,81)(H,71,85)(H,72,86)(H,73,87)(H,74,82)(H,75,83)(H,76,88)(H,77,89)(H,78,84)/t42-,43-,44-,45-,46-,47-,48-,49-,50-,51-/m0/s1. The molecule has 89 heavy (non-hydrogen) atoms. The van der Waals surface area contributed by atoms with Crippen LogP contribution in [0.3, 0.4) is 0 Å². The van der Waals surface area contributed by atoms with E-state index in [0.717, 1.165) is 0 Å². The van der Waals surface area contributed by atoms with Crippen LogP contribution in [0.2, 0.25) is 0 Å². The summed E-state index contributed by atoms with van der Waals surface area (Å²) >= 11 is 0. The summed E-state index contributed by atoms with van der Waals surface area (Å²) in [6, 6.07) is -4.29. The summed E-state index contributed by atoms with van der Waals surface area (Å²) in [5, 5.41) is 27.9. The molecule has 0 saturated carbocycles. The molecule has 1 aliphatic rings. The number of benzene rings is 1. The molecule has 0 aromatic heterocycles. The zero-order chi connectivity index (χ0) is 66.4. The molecule has 2 rings (SSSR count). The predicted octanol–water partition coefficient (Wildman–Crippen LogP) is -0.861. The lowest BCUT2D eigenvalue weighted by atomic mass is 9.98. The minimum Gasteiger partial charge on any atom is -0.370 e. The van der Waals surface area contributed by atoms with E-state index in [0.29, 0.717) is 69.8 Å². The first kappa shape index (κ1) is 78.3. The topological polar surface area (TPSA) is 464 Å². The highest BCUT2D eigenvalue weighted by Crippen LogP contribution is 2.16. The molecular formula is C62H110N16O11. The van der Waals surface area contributed by atoms with E-state index in [4.69, 9.17) is 34.4 Å². The van der Waals surface area contributed by atoms with E-state index in [1.807, 2.05) is 41.5 Å². The van der Waals surface area contributed by atoms with E-state index in [-0.39, 0.29) is 121 Å². The van der Waals surface area contributed by atoms with Gasteiger partial charge in [-0.2, -0.15) is 0 Å². The lowest BCUT2D eigenvalue weighted by molar-refractivity contribution is -0.137. The van der Waals surface area contributed by atoms with Gasteiger partial charge in [-0.15, -0.1) is 0 Å². The van der Waals surface area contributed by atoms with Crippen molar-refractivity contribution in [3.8, 4) is 0 Å². The molecule has 10 atom stereocenters. The van der Waals surface area contributed by atoms with E-state index in [1.165, 1.54) is 0 Å². The van der Waals surface area contributed by atoms with Gasteiger partial charge in [0.2, 0.25) is 65.0 Å². The van der Waals surface area contributed by atoms with Gasteiger partial charge in [0.25, 0.3) is 0 Å². The number of rotatable bonds is 31. The average Bonchev–Trinajstić information content (AvgIpc) is 2.39. The van der Waals surface area contributed by atoms with Crippen molar-refractivity contribution in [2.24, 2.45) is 52.2 Å². The van der Waals surface area contributed by atoms with Crippen molar-refractivity contribution in [2.75, 3.05) is 32.7 Å². The number of carbonyl (C=O) groups is 11. The zero-order valence-electron chi connectivity index (χ0n) is 53.7. The van der Waals surface area contributed by atoms with Crippen molar-refractivity contribution in [2.45, 2.75) is 237 Å². The Morgan fingerprint density at radius 3 is 0.775 bits per heavy atom. The van der Waals surface area contributed by atoms with Crippen LogP contribution >= 0.6 is 0 Å². The second-order valence-electron chi connectivity index (χ2n) is 24.6. The lowest BCUT2D eigenvalue weighted by Crippen LogP contribution is -2.61. The van der Waals surface area contributed by atoms with Crippen LogP contribution in [0.15, 0.2) is 30.3 Å². The monoisotopic (exact) mass is 1250 g/mol. The Balaban J connectivity index is 3.01. The third kappa shape index (κ3) is 31.5. The first-order valence-electron chi connectivity index (χ1n) is 32.2. The highest BCUT2D eigenvalue weighted by Gasteiger charge is 2.37. The van der Waals surface area contributed by atoms with Gasteiger partial charge < -0.3 is 87.6 Å². The number of nitrogens with one attached hydrogen (secondary N) is 10. The minimum absolute atomic E-state index is 0.0145. The Morgan fingerprint density at radius 2 is 0.539 bits per heavy atom. The van der Waals surface area contributed by atoms with E-state index >= 15 is 0 Å². The van der Waals surface area contributed by atoms with Crippen LogP contribution in [0.4, 0.5) is 0 Å². The summed E-state index contributed by atoms with van der Waals surface area (Å²) in [7, 11) is 0. The maximum Gasteiger partial charge on any atom is 0.243 e. The normalized spacial score (nSPS) is 23.9. The van der Waals surface area contributed by atoms with Gasteiger partial charge in [0.1, 0.15) is 60.4 Å². The summed E-state index contributed by atoms with van der Waals surface area (Å²) in [4.78, 5) is 158. The molecule has 1 aromatic carbocycles. The Bertz CT molecular complexity index is 2370. The maximum atomic E-state index is 14.8. The highest BCUT2D eigenvalue weighted by atomic mass is 16.2. The molecule has 1 fully saturated rings. The Hall–Kier alpha value is -6.81. The van der Waals surface area contributed by atoms with E-state index < -0.39 is 125 Å². The van der Waals surface area contributed by atoms with Crippen molar-refractivity contribution >= 4 is 65.0 Å². The van der Waals surface area contributed by atoms with Crippen LogP contribution < -0.4 is 87.6 Å². The number of nitrogens with two attached hydrogens (primary N) is 6. The second-order valence-corrected chi connectivity index (χ2v) is 24.6. The van der Waals surface area contributed by atoms with Gasteiger partial charge in [-0.3, -0.25) is 52.7 Å². The smallest absolute Gasteiger partial charge is 0.243 e. The highest BCUT2D eigenvalue weighted by molar-refractivity contribution is 5.99. The molecule has 1 heterocycles. The molecule has 27 heteroatoms. The van der Waals surface area contributed by atoms with Gasteiger partial charge in [-0.25, -0.2) is 0 Å². The van der Waals surface area contributed by atoms with Crippen LogP contribution in [0.5, 0.6) is 0 Å². The van der Waals surface area contributed by atoms with Crippen LogP contribution in [-0.4, -0.2) is 158 Å². The molecule has 0 aliphatic carbocycles. The number of hydrogen-bond donors (Lipinski definition) is 16. The van der Waals surface area contributed by atoms with Gasteiger partial charge in [0, 0.05) is 12.8 Å². The molecule has 0 radical (unpaired) electrons. The van der Waals surface area contributed by atoms with E-state index in [9.17, 15) is 52.7 Å². The van der Waals surface area contributed by atoms with Crippen LogP contribution in [0.25, 0.3) is 0 Å². The third-order valence-corrected chi connectivity index (χ3v) is 15.1. The minimum atomic E-state index is -1.50. The van der Waals surface area contributed by atoms with E-state index in [1.54, 1.807) is 30.3 Å². The largest absolute Gasteiger partial charge is 0.370 e. The Kier molecular flexibility index (Phi) is 38.5. The summed E-state index contributed by atoms with van der Waals surface area (Å²) in [5.74, 6) is -9.12. The number of hydrogen-bond acceptors (Lipinski definition) is 16. The Labute approximate surface area is 526 Å². The second kappa shape index (κ2) is 43.8. The van der Waals surface area contributed by atoms with Crippen LogP contribution in [-0.2, 0) is 59.2 Å². The molecule has 1 aromatic rings. The molecular weight excluding hydrogens is 1140 g/mol. The van der Waals surface area contributed by atoms with E-state index in [2.05, 4.69) is 53.2 Å². The fourth-order valence-electron chi connectivity index (χ4n) is 10.3. The van der Waals surface area contributed by atoms with Crippen molar-refractivity contribution in [1.29, 1.82) is 0 Å². The number of primary amides is 1. The van der Waals surface area contributed by atoms with Gasteiger partial charge in [-0.05, 0) is 178 Å². The fraction of sp³-hybridized carbons (Fsp3) is 0.726. The summed E-state index contributed by atoms with van der Waals surface area (Å²) in [6.07, 6.45) is 3.75. The average molecular weight is 1260 g/mol. The molecule has 22 N–H and O–H groups in total. The summed E-state index contributed by atoms with van der Waals surface area (Å²) in [5.41, 5.74) is 35.5. The molecule has 0 spiro atoms. The van der Waals surface area contributed by atoms with Gasteiger partial charge in [0.15, 0.2) is 0 Å². The number of amides is 11. The maximum absolute atomic E-state index is 14.8. The first-order chi connectivity index (χ1) is 42.4. The molecule has 504 valence electrons. The summed E-state index contributed by atoms with van der Waals surface area (Å²) in [6.45, 7) is 12.3. The van der Waals surface area contributed by atoms with Crippen molar-refractivity contribution in [3.63, 3.8) is 0 Å². The molecule has 0 bridgehead atoms. The fourth-order valence-corrected chi connectivity index (χ4v) is 10.3. The van der Waals surface area contributed by atoms with Gasteiger partial charge in [0.05, 0.1) is 0 Å². The Morgan fingerprint density at radius 1 is 0.326 bits per heavy atom. The summed E-state index contributed by atoms with van der Waals surface area (Å²) < 4.78 is 0. The molecule has 27 nitrogen and oxygen atoms in total. The van der Waals surface area contributed by atoms with Gasteiger partial charge >= 0.3 is 0 Å². The van der Waals surface area contributed by atoms with Crippen molar-refractivity contribution in [3.05, 3.63) is 35.9 Å². The van der Waals surface area contributed by atoms with Crippen molar-refractivity contribution < 1.29 is 52.7 Å². The van der Waals surface area contributed by atoms with Crippen molar-refractivity contribution in [1.82, 2.24) is 53.2 Å². The predicted molar refractivity (Wildman–Crippen MR) is 341 cm³/mol. The number of unbranched alkanes of at least 4 members (excludes halogenated alkanes) is 5. The lowest BCUT2D eigenvalue weighted by Gasteiger charge is -2.30. The number of carbonyl (C=O) groups excluding carboxylic acids is 11. The molecule has 1 aliphatic heterocycles. The molecule has 0 unspecified atom stereocenters. The van der Waals surface area contributed by atoms with Crippen LogP contribution in [0.1, 0.15) is 176 Å². The first-order valence-corrected chi connectivity index (χ1v) is 32.2. The molecule has 1 saturated heterocycles.